The summed E-state index contributed by atoms with van der Waals surface area (Å²) < 4.78 is 28.2. The van der Waals surface area contributed by atoms with E-state index in [2.05, 4.69) is 5.32 Å². The first-order valence-electron chi connectivity index (χ1n) is 6.46. The Morgan fingerprint density at radius 2 is 2.24 bits per heavy atom. The molecule has 0 bridgehead atoms. The van der Waals surface area contributed by atoms with Crippen LogP contribution in [0.1, 0.15) is 30.1 Å². The van der Waals surface area contributed by atoms with Crippen LogP contribution < -0.4 is 10.5 Å². The third-order valence-electron chi connectivity index (χ3n) is 3.43. The van der Waals surface area contributed by atoms with Crippen molar-refractivity contribution in [3.63, 3.8) is 0 Å². The number of carbonyl (C=O) groups excluding carboxylic acids is 1. The lowest BCUT2D eigenvalue weighted by Gasteiger charge is -2.23. The minimum atomic E-state index is -3.88. The second-order valence-electron chi connectivity index (χ2n) is 5.27. The summed E-state index contributed by atoms with van der Waals surface area (Å²) in [7, 11) is -3.88. The third kappa shape index (κ3) is 3.94. The number of carbonyl (C=O) groups is 1. The van der Waals surface area contributed by atoms with Crippen LogP contribution in [0.15, 0.2) is 23.1 Å². The summed E-state index contributed by atoms with van der Waals surface area (Å²) in [5, 5.41) is 7.93. The van der Waals surface area contributed by atoms with Crippen LogP contribution in [0.2, 0.25) is 5.02 Å². The molecule has 1 aliphatic heterocycles. The smallest absolute Gasteiger partial charge is 0.252 e. The van der Waals surface area contributed by atoms with Crippen LogP contribution in [-0.4, -0.2) is 33.1 Å². The van der Waals surface area contributed by atoms with Gasteiger partial charge in [-0.05, 0) is 38.0 Å². The number of hydrogen-bond acceptors (Lipinski definition) is 4. The molecule has 1 aromatic rings. The Morgan fingerprint density at radius 3 is 2.81 bits per heavy atom. The van der Waals surface area contributed by atoms with Gasteiger partial charge in [0.1, 0.15) is 0 Å². The number of benzene rings is 1. The van der Waals surface area contributed by atoms with Crippen molar-refractivity contribution in [3.8, 4) is 0 Å². The number of halogens is 1. The molecule has 0 aromatic heterocycles. The number of hydrogen-bond donors (Lipinski definition) is 2. The van der Waals surface area contributed by atoms with Gasteiger partial charge in [0.2, 0.25) is 10.0 Å². The second kappa shape index (κ2) is 5.92. The summed E-state index contributed by atoms with van der Waals surface area (Å²) >= 11 is 5.94. The average molecular weight is 333 g/mol. The van der Waals surface area contributed by atoms with Gasteiger partial charge in [-0.25, -0.2) is 13.6 Å². The molecule has 21 heavy (non-hydrogen) atoms. The predicted molar refractivity (Wildman–Crippen MR) is 78.7 cm³/mol. The minimum Gasteiger partial charge on any atom is -0.373 e. The van der Waals surface area contributed by atoms with Crippen molar-refractivity contribution in [3.05, 3.63) is 28.8 Å². The first-order valence-corrected chi connectivity index (χ1v) is 8.38. The Bertz CT molecular complexity index is 654. The van der Waals surface area contributed by atoms with Crippen molar-refractivity contribution >= 4 is 27.5 Å². The van der Waals surface area contributed by atoms with Crippen molar-refractivity contribution in [2.45, 2.75) is 30.3 Å². The van der Waals surface area contributed by atoms with Gasteiger partial charge in [0, 0.05) is 13.2 Å². The Labute approximate surface area is 128 Å². The molecule has 1 amide bonds. The summed E-state index contributed by atoms with van der Waals surface area (Å²) in [6.45, 7) is 2.93. The van der Waals surface area contributed by atoms with E-state index in [-0.39, 0.29) is 21.1 Å². The summed E-state index contributed by atoms with van der Waals surface area (Å²) in [6.07, 6.45) is 1.81. The van der Waals surface area contributed by atoms with Crippen LogP contribution in [0.4, 0.5) is 0 Å². The molecule has 0 spiro atoms. The van der Waals surface area contributed by atoms with E-state index in [4.69, 9.17) is 21.5 Å². The molecule has 6 nitrogen and oxygen atoms in total. The molecular formula is C13H17ClN2O4S. The predicted octanol–water partition coefficient (Wildman–Crippen LogP) is 1.29. The maximum atomic E-state index is 12.2. The highest BCUT2D eigenvalue weighted by Crippen LogP contribution is 2.25. The zero-order chi connectivity index (χ0) is 15.7. The van der Waals surface area contributed by atoms with Crippen molar-refractivity contribution in [2.24, 2.45) is 5.14 Å². The average Bonchev–Trinajstić information content (AvgIpc) is 2.83. The lowest BCUT2D eigenvalue weighted by atomic mass is 10.0. The van der Waals surface area contributed by atoms with Gasteiger partial charge in [0.05, 0.1) is 21.1 Å². The molecule has 2 rings (SSSR count). The normalized spacial score (nSPS) is 22.2. The fourth-order valence-electron chi connectivity index (χ4n) is 2.19. The van der Waals surface area contributed by atoms with Crippen molar-refractivity contribution < 1.29 is 17.9 Å². The van der Waals surface area contributed by atoms with Gasteiger partial charge >= 0.3 is 0 Å². The molecule has 0 radical (unpaired) electrons. The number of ether oxygens (including phenoxy) is 1. The largest absolute Gasteiger partial charge is 0.373 e. The van der Waals surface area contributed by atoms with E-state index in [1.165, 1.54) is 18.2 Å². The molecular weight excluding hydrogens is 316 g/mol. The highest BCUT2D eigenvalue weighted by molar-refractivity contribution is 7.89. The molecule has 1 aromatic carbocycles. The molecule has 1 unspecified atom stereocenters. The highest BCUT2D eigenvalue weighted by atomic mass is 35.5. The van der Waals surface area contributed by atoms with E-state index in [9.17, 15) is 13.2 Å². The molecule has 1 fully saturated rings. The number of nitrogens with one attached hydrogen (secondary N) is 1. The lowest BCUT2D eigenvalue weighted by molar-refractivity contribution is 0.0206. The van der Waals surface area contributed by atoms with E-state index in [1.807, 2.05) is 6.92 Å². The monoisotopic (exact) mass is 332 g/mol. The highest BCUT2D eigenvalue weighted by Gasteiger charge is 2.30. The van der Waals surface area contributed by atoms with Gasteiger partial charge < -0.3 is 10.1 Å². The van der Waals surface area contributed by atoms with Crippen LogP contribution >= 0.6 is 11.6 Å². The number of sulfonamides is 1. The second-order valence-corrected chi connectivity index (χ2v) is 7.24. The SMILES string of the molecule is CC1(CNC(=O)c2cc(S(N)(=O)=O)ccc2Cl)CCCO1. The van der Waals surface area contributed by atoms with Crippen LogP contribution in [0.3, 0.4) is 0 Å². The summed E-state index contributed by atoms with van der Waals surface area (Å²) in [5.74, 6) is -0.456. The Kier molecular flexibility index (Phi) is 4.57. The molecule has 8 heteroatoms. The van der Waals surface area contributed by atoms with Crippen LogP contribution in [0, 0.1) is 0 Å². The fourth-order valence-corrected chi connectivity index (χ4v) is 2.94. The zero-order valence-corrected chi connectivity index (χ0v) is 13.1. The van der Waals surface area contributed by atoms with Crippen molar-refractivity contribution in [1.82, 2.24) is 5.32 Å². The topological polar surface area (TPSA) is 98.5 Å². The van der Waals surface area contributed by atoms with Gasteiger partial charge in [-0.1, -0.05) is 11.6 Å². The molecule has 0 saturated carbocycles. The summed E-state index contributed by atoms with van der Waals surface area (Å²) in [6, 6.07) is 3.77. The number of nitrogens with two attached hydrogens (primary N) is 1. The van der Waals surface area contributed by atoms with Crippen molar-refractivity contribution in [1.29, 1.82) is 0 Å². The molecule has 3 N–H and O–H groups in total. The summed E-state index contributed by atoms with van der Waals surface area (Å²) in [4.78, 5) is 12.0. The third-order valence-corrected chi connectivity index (χ3v) is 4.67. The Morgan fingerprint density at radius 1 is 1.52 bits per heavy atom. The quantitative estimate of drug-likeness (QED) is 0.867. The van der Waals surface area contributed by atoms with Crippen LogP contribution in [0.25, 0.3) is 0 Å². The number of rotatable bonds is 4. The minimum absolute atomic E-state index is 0.0739. The van der Waals surface area contributed by atoms with E-state index in [1.54, 1.807) is 0 Å². The van der Waals surface area contributed by atoms with E-state index in [0.29, 0.717) is 13.2 Å². The zero-order valence-electron chi connectivity index (χ0n) is 11.6. The number of amides is 1. The molecule has 1 atom stereocenters. The van der Waals surface area contributed by atoms with Gasteiger partial charge in [-0.2, -0.15) is 0 Å². The summed E-state index contributed by atoms with van der Waals surface area (Å²) in [5.41, 5.74) is -0.315. The van der Waals surface area contributed by atoms with Gasteiger partial charge in [0.15, 0.2) is 0 Å². The van der Waals surface area contributed by atoms with Crippen LogP contribution in [-0.2, 0) is 14.8 Å². The first kappa shape index (κ1) is 16.2. The number of primary sulfonamides is 1. The molecule has 116 valence electrons. The maximum Gasteiger partial charge on any atom is 0.252 e. The molecule has 1 aliphatic rings. The van der Waals surface area contributed by atoms with E-state index >= 15 is 0 Å². The Hall–Kier alpha value is -1.15. The van der Waals surface area contributed by atoms with E-state index < -0.39 is 15.9 Å². The lowest BCUT2D eigenvalue weighted by Crippen LogP contribution is -2.40. The van der Waals surface area contributed by atoms with Gasteiger partial charge in [0.25, 0.3) is 5.91 Å². The van der Waals surface area contributed by atoms with Gasteiger partial charge in [-0.15, -0.1) is 0 Å². The molecule has 1 heterocycles. The van der Waals surface area contributed by atoms with Crippen LogP contribution in [0.5, 0.6) is 0 Å². The molecule has 0 aliphatic carbocycles. The van der Waals surface area contributed by atoms with E-state index in [0.717, 1.165) is 12.8 Å². The first-order chi connectivity index (χ1) is 9.71. The molecule has 1 saturated heterocycles. The maximum absolute atomic E-state index is 12.2. The Balaban J connectivity index is 2.15. The van der Waals surface area contributed by atoms with Crippen molar-refractivity contribution in [2.75, 3.05) is 13.2 Å². The van der Waals surface area contributed by atoms with Gasteiger partial charge in [-0.3, -0.25) is 4.79 Å². The standard InChI is InChI=1S/C13H17ClN2O4S/c1-13(5-2-6-20-13)8-16-12(17)10-7-9(21(15,18)19)3-4-11(10)14/h3-4,7H,2,5-6,8H2,1H3,(H,16,17)(H2,15,18,19). The fraction of sp³-hybridized carbons (Fsp3) is 0.462.